The molecule has 0 atom stereocenters. The summed E-state index contributed by atoms with van der Waals surface area (Å²) >= 11 is 0. The fourth-order valence-electron chi connectivity index (χ4n) is 10.4. The first-order valence-corrected chi connectivity index (χ1v) is 25.1. The summed E-state index contributed by atoms with van der Waals surface area (Å²) in [6.07, 6.45) is 0. The highest BCUT2D eigenvalue weighted by atomic mass is 28.3. The van der Waals surface area contributed by atoms with Gasteiger partial charge in [0.15, 0.2) is 5.43 Å². The van der Waals surface area contributed by atoms with Crippen molar-refractivity contribution in [1.82, 2.24) is 9.97 Å². The lowest BCUT2D eigenvalue weighted by atomic mass is 9.94. The van der Waals surface area contributed by atoms with Crippen molar-refractivity contribution in [2.75, 3.05) is 0 Å². The van der Waals surface area contributed by atoms with Gasteiger partial charge in [-0.3, -0.25) is 4.79 Å². The Balaban J connectivity index is 1.81. The normalized spacial score (nSPS) is 12.7. The Hall–Kier alpha value is -4.82. The van der Waals surface area contributed by atoms with E-state index in [0.29, 0.717) is 55.1 Å². The van der Waals surface area contributed by atoms with E-state index in [2.05, 4.69) is 142 Å². The van der Waals surface area contributed by atoms with Crippen LogP contribution in [-0.4, -0.2) is 26.1 Å². The third kappa shape index (κ3) is 6.16. The van der Waals surface area contributed by atoms with Crippen molar-refractivity contribution >= 4 is 81.3 Å². The number of hydrogen-bond acceptors (Lipinski definition) is 3. The van der Waals surface area contributed by atoms with Crippen molar-refractivity contribution in [3.63, 3.8) is 0 Å². The molecule has 0 radical (unpaired) electrons. The van der Waals surface area contributed by atoms with Crippen molar-refractivity contribution in [3.8, 4) is 22.9 Å². The van der Waals surface area contributed by atoms with Crippen LogP contribution in [0.5, 0.6) is 0 Å². The Morgan fingerprint density at radius 3 is 1.04 bits per heavy atom. The molecule has 5 heteroatoms. The van der Waals surface area contributed by atoms with Gasteiger partial charge in [0.05, 0.1) is 22.2 Å². The first-order valence-electron chi connectivity index (χ1n) is 20.6. The number of nitrogens with zero attached hydrogens (tertiary/aromatic N) is 2. The first kappa shape index (κ1) is 39.4. The zero-order valence-electron chi connectivity index (χ0n) is 35.3. The number of fused-ring (bicyclic) bond motifs is 8. The largest absolute Gasteiger partial charge is 0.289 e. The SMILES string of the molecule is CC(C)[Si](C#Cc1c2cc3ccccc3cc2c(C#C[Si](C(C)C)(C(C)C)C(C)C)c2nc3c4ccccc4c(=O)c4ccccc4c3nc12)(C(C)C)C(C)C. The molecule has 0 aliphatic rings. The number of aromatic nitrogens is 2. The number of rotatable bonds is 6. The minimum Gasteiger partial charge on any atom is -0.289 e. The van der Waals surface area contributed by atoms with Crippen molar-refractivity contribution < 1.29 is 0 Å². The number of hydrogen-bond donors (Lipinski definition) is 0. The summed E-state index contributed by atoms with van der Waals surface area (Å²) in [6.45, 7) is 28.4. The van der Waals surface area contributed by atoms with Gasteiger partial charge in [0.25, 0.3) is 0 Å². The van der Waals surface area contributed by atoms with Gasteiger partial charge in [-0.15, -0.1) is 11.1 Å². The first-order chi connectivity index (χ1) is 26.6. The van der Waals surface area contributed by atoms with E-state index >= 15 is 0 Å². The summed E-state index contributed by atoms with van der Waals surface area (Å²) in [5.41, 5.74) is 15.7. The van der Waals surface area contributed by atoms with Crippen LogP contribution in [0.15, 0.2) is 89.7 Å². The molecule has 0 bridgehead atoms. The van der Waals surface area contributed by atoms with Crippen molar-refractivity contribution in [2.24, 2.45) is 0 Å². The molecule has 3 nitrogen and oxygen atoms in total. The van der Waals surface area contributed by atoms with E-state index < -0.39 is 16.1 Å². The molecule has 0 N–H and O–H groups in total. The Bertz CT molecular complexity index is 2640. The second-order valence-corrected chi connectivity index (χ2v) is 29.0. The standard InChI is InChI=1S/C51H56N2OSi2/c1-31(2)55(32(3)4,33(5)6)27-25-41-45-29-37-19-13-14-20-38(37)30-46(45)42(26-28-56(34(7)8,35(9)10)36(11)12)50-49(41)52-47-39-21-15-17-23-43(39)51(54)44-24-18-16-22-40(44)48(47)53-50/h13-24,29-36H,1-12H3. The molecule has 0 saturated carbocycles. The van der Waals surface area contributed by atoms with E-state index in [1.54, 1.807) is 0 Å². The van der Waals surface area contributed by atoms with Gasteiger partial charge in [0.1, 0.15) is 27.2 Å². The fraction of sp³-hybridized carbons (Fsp3) is 0.353. The Labute approximate surface area is 335 Å². The molecule has 7 rings (SSSR count). The highest BCUT2D eigenvalue weighted by molar-refractivity contribution is 6.91. The van der Waals surface area contributed by atoms with E-state index in [1.165, 1.54) is 0 Å². The summed E-state index contributed by atoms with van der Waals surface area (Å²) < 4.78 is 0. The maximum Gasteiger partial charge on any atom is 0.194 e. The second-order valence-electron chi connectivity index (χ2n) is 17.8. The maximum absolute atomic E-state index is 14.3. The summed E-state index contributed by atoms with van der Waals surface area (Å²) in [6, 6.07) is 28.9. The van der Waals surface area contributed by atoms with Crippen LogP contribution in [0, 0.1) is 22.9 Å². The van der Waals surface area contributed by atoms with Gasteiger partial charge in [0.2, 0.25) is 0 Å². The molecule has 1 heterocycles. The zero-order valence-corrected chi connectivity index (χ0v) is 37.3. The molecule has 6 aromatic carbocycles. The molecule has 0 amide bonds. The molecule has 0 unspecified atom stereocenters. The topological polar surface area (TPSA) is 42.9 Å². The molecule has 7 aromatic rings. The average Bonchev–Trinajstić information content (AvgIpc) is 3.26. The predicted molar refractivity (Wildman–Crippen MR) is 249 cm³/mol. The Kier molecular flexibility index (Phi) is 10.5. The maximum atomic E-state index is 14.3. The van der Waals surface area contributed by atoms with Gasteiger partial charge in [0, 0.05) is 32.3 Å². The monoisotopic (exact) mass is 768 g/mol. The van der Waals surface area contributed by atoms with Crippen molar-refractivity contribution in [1.29, 1.82) is 0 Å². The smallest absolute Gasteiger partial charge is 0.194 e. The van der Waals surface area contributed by atoms with Gasteiger partial charge in [-0.25, -0.2) is 9.97 Å². The number of benzene rings is 5. The molecule has 284 valence electrons. The van der Waals surface area contributed by atoms with Gasteiger partial charge >= 0.3 is 0 Å². The molecule has 0 saturated heterocycles. The van der Waals surface area contributed by atoms with E-state index in [9.17, 15) is 4.79 Å². The van der Waals surface area contributed by atoms with Gasteiger partial charge in [-0.2, -0.15) is 0 Å². The predicted octanol–water partition coefficient (Wildman–Crippen LogP) is 13.9. The lowest BCUT2D eigenvalue weighted by Gasteiger charge is -2.38. The molecular formula is C51H56N2OSi2. The van der Waals surface area contributed by atoms with Crippen LogP contribution < -0.4 is 5.43 Å². The van der Waals surface area contributed by atoms with Crippen LogP contribution in [0.1, 0.15) is 94.2 Å². The Morgan fingerprint density at radius 2 is 0.714 bits per heavy atom. The van der Waals surface area contributed by atoms with Gasteiger partial charge < -0.3 is 0 Å². The van der Waals surface area contributed by atoms with Crippen LogP contribution in [0.2, 0.25) is 33.2 Å². The van der Waals surface area contributed by atoms with Gasteiger partial charge in [-0.1, -0.05) is 168 Å². The molecule has 56 heavy (non-hydrogen) atoms. The third-order valence-corrected chi connectivity index (χ3v) is 25.8. The lowest BCUT2D eigenvalue weighted by Crippen LogP contribution is -2.43. The van der Waals surface area contributed by atoms with Gasteiger partial charge in [-0.05, 0) is 56.2 Å². The summed E-state index contributed by atoms with van der Waals surface area (Å²) in [4.78, 5) is 25.6. The average molecular weight is 769 g/mol. The highest BCUT2D eigenvalue weighted by Crippen LogP contribution is 2.43. The molecule has 0 fully saturated rings. The quantitative estimate of drug-likeness (QED) is 0.0961. The van der Waals surface area contributed by atoms with Crippen LogP contribution >= 0.6 is 0 Å². The van der Waals surface area contributed by atoms with E-state index in [1.807, 2.05) is 48.5 Å². The fourth-order valence-corrected chi connectivity index (χ4v) is 20.9. The third-order valence-electron chi connectivity index (χ3n) is 13.2. The molecular weight excluding hydrogens is 713 g/mol. The van der Waals surface area contributed by atoms with Crippen molar-refractivity contribution in [2.45, 2.75) is 116 Å². The van der Waals surface area contributed by atoms with Crippen LogP contribution in [0.4, 0.5) is 0 Å². The molecule has 1 aromatic heterocycles. The summed E-state index contributed by atoms with van der Waals surface area (Å²) in [5, 5.41) is 7.30. The zero-order chi connectivity index (χ0) is 40.3. The lowest BCUT2D eigenvalue weighted by molar-refractivity contribution is 0.838. The minimum atomic E-state index is -2.16. The van der Waals surface area contributed by atoms with Crippen LogP contribution in [0.25, 0.3) is 65.2 Å². The second kappa shape index (κ2) is 14.9. The highest BCUT2D eigenvalue weighted by Gasteiger charge is 2.43. The summed E-state index contributed by atoms with van der Waals surface area (Å²) in [7, 11) is -4.31. The van der Waals surface area contributed by atoms with E-state index in [4.69, 9.17) is 9.97 Å². The van der Waals surface area contributed by atoms with Crippen LogP contribution in [-0.2, 0) is 0 Å². The summed E-state index contributed by atoms with van der Waals surface area (Å²) in [5.74, 6) is 7.82. The Morgan fingerprint density at radius 1 is 0.411 bits per heavy atom. The molecule has 0 aliphatic heterocycles. The molecule has 0 aliphatic carbocycles. The van der Waals surface area contributed by atoms with E-state index in [0.717, 1.165) is 54.5 Å². The van der Waals surface area contributed by atoms with Crippen molar-refractivity contribution in [3.05, 3.63) is 106 Å². The minimum absolute atomic E-state index is 0.0142. The van der Waals surface area contributed by atoms with E-state index in [-0.39, 0.29) is 5.43 Å². The van der Waals surface area contributed by atoms with Crippen LogP contribution in [0.3, 0.4) is 0 Å². The molecule has 0 spiro atoms.